The van der Waals surface area contributed by atoms with Gasteiger partial charge in [0.25, 0.3) is 0 Å². The standard InChI is InChI=1S/C15H29N3.4C14H27N3.3C13H25N3/c1-13(2)8-5-6-10-15-12-16-17-18(15)11-7-9-14(3)4;1-12(2)7-5-9-14-11-17(16-15-14)10-6-8-13(3)4;1-12(2)7-5-6-10-17-11-14(15-16-17)9-8-13(3)4;1-12(2)7-5-6-8-14-11-15-16-17(14)10-9-13(3)4;1-12(2)8-6-5-7-9-17-11-14(15-16-17)10-13(3)4;1-11(2)6-5-7-13-10-14-15-16(13)9-8-12(3)4;1-11(2)7-5-6-8-13-9-14-15-16(13)10-12(3)4;1-11(2)7-5-6-8-13-10-16(15-14-13)9-12(3)4/h12-14H,5-11H2,1-4H3;4*11-13H,5-10H2,1-4H3;10-12H,5-9H2,1-4H3;9,11-12H,5-8,10H2,1-4H3;10-12H,5-9H2,1-4H3. The fourth-order valence-electron chi connectivity index (χ4n) is 15.1. The second-order valence-electron chi connectivity index (χ2n) is 45.6. The SMILES string of the molecule is CC(C)CCCCCn1cc(CC(C)C)nn1.CC(C)CCCCc1cn(CC(C)C)nn1.CC(C)CCCCc1cnnn1CC(C)C.CC(C)CCCCc1cnnn1CCC(C)C.CC(C)CCCCc1cnnn1CCCC(C)C.CC(C)CCCCn1cc(CCC(C)C)nn1.CC(C)CCCc1cn(CCCC(C)C)nn1.CC(C)CCCc1cnnn1CCC(C)C. The molecule has 8 heterocycles. The maximum atomic E-state index is 4.22. The highest BCUT2D eigenvalue weighted by atomic mass is 15.5. The van der Waals surface area contributed by atoms with Crippen LogP contribution in [0.4, 0.5) is 0 Å². The lowest BCUT2D eigenvalue weighted by molar-refractivity contribution is 0.452. The molecule has 24 heteroatoms. The van der Waals surface area contributed by atoms with E-state index in [0.717, 1.165) is 203 Å². The van der Waals surface area contributed by atoms with Gasteiger partial charge in [-0.2, -0.15) is 0 Å². The van der Waals surface area contributed by atoms with E-state index in [1.807, 2.05) is 43.5 Å². The van der Waals surface area contributed by atoms with Gasteiger partial charge in [0.1, 0.15) is 0 Å². The zero-order valence-electron chi connectivity index (χ0n) is 93.1. The molecule has 0 amide bonds. The molecule has 0 saturated carbocycles. The van der Waals surface area contributed by atoms with Gasteiger partial charge in [0.15, 0.2) is 0 Å². The highest BCUT2D eigenvalue weighted by Gasteiger charge is 2.14. The summed E-state index contributed by atoms with van der Waals surface area (Å²) in [6.45, 7) is 80.3. The van der Waals surface area contributed by atoms with Crippen LogP contribution in [-0.2, 0) is 104 Å². The Morgan fingerprint density at radius 1 is 0.179 bits per heavy atom. The van der Waals surface area contributed by atoms with Crippen LogP contribution in [0.2, 0.25) is 0 Å². The summed E-state index contributed by atoms with van der Waals surface area (Å²) in [6, 6.07) is 0. The minimum Gasteiger partial charge on any atom is -0.252 e. The molecule has 0 atom stereocenters. The summed E-state index contributed by atoms with van der Waals surface area (Å²) in [5, 5.41) is 66.2. The van der Waals surface area contributed by atoms with Crippen molar-refractivity contribution in [2.24, 2.45) is 94.7 Å². The van der Waals surface area contributed by atoms with E-state index in [2.05, 4.69) is 348 Å². The number of nitrogens with zero attached hydrogens (tertiary/aromatic N) is 24. The third-order valence-electron chi connectivity index (χ3n) is 23.4. The molecule has 0 aliphatic carbocycles. The minimum absolute atomic E-state index is 0.635. The largest absolute Gasteiger partial charge is 0.252 e. The topological polar surface area (TPSA) is 246 Å². The predicted octanol–water partition coefficient (Wildman–Crippen LogP) is 28.8. The van der Waals surface area contributed by atoms with E-state index in [0.29, 0.717) is 17.8 Å². The molecule has 0 aliphatic rings. The molecule has 8 rings (SSSR count). The Hall–Kier alpha value is -6.88. The Morgan fingerprint density at radius 2 is 0.433 bits per heavy atom. The minimum atomic E-state index is 0.635. The molecular weight excluding hydrogens is 1660 g/mol. The monoisotopic (exact) mass is 1870 g/mol. The molecule has 0 saturated heterocycles. The molecule has 0 unspecified atom stereocenters. The van der Waals surface area contributed by atoms with Crippen molar-refractivity contribution in [1.29, 1.82) is 0 Å². The molecule has 24 nitrogen and oxygen atoms in total. The van der Waals surface area contributed by atoms with Crippen LogP contribution < -0.4 is 0 Å². The fraction of sp³-hybridized carbons (Fsp3) is 0.855. The van der Waals surface area contributed by atoms with Crippen molar-refractivity contribution in [2.45, 2.75) is 518 Å². The van der Waals surface area contributed by atoms with Crippen molar-refractivity contribution >= 4 is 0 Å². The van der Waals surface area contributed by atoms with Crippen molar-refractivity contribution in [3.8, 4) is 0 Å². The third kappa shape index (κ3) is 72.4. The molecule has 0 aliphatic heterocycles. The van der Waals surface area contributed by atoms with Gasteiger partial charge in [0.2, 0.25) is 0 Å². The lowest BCUT2D eigenvalue weighted by Crippen LogP contribution is -2.10. The lowest BCUT2D eigenvalue weighted by atomic mass is 10.0. The number of hydrogen-bond donors (Lipinski definition) is 0. The molecule has 0 fully saturated rings. The van der Waals surface area contributed by atoms with E-state index < -0.39 is 0 Å². The molecule has 0 N–H and O–H groups in total. The van der Waals surface area contributed by atoms with Crippen LogP contribution in [0, 0.1) is 94.7 Å². The van der Waals surface area contributed by atoms with Gasteiger partial charge in [0.05, 0.1) is 70.3 Å². The van der Waals surface area contributed by atoms with Crippen LogP contribution in [0.15, 0.2) is 49.6 Å². The summed E-state index contributed by atoms with van der Waals surface area (Å²) in [4.78, 5) is 0. The van der Waals surface area contributed by atoms with Crippen molar-refractivity contribution in [2.75, 3.05) is 0 Å². The van der Waals surface area contributed by atoms with Crippen LogP contribution in [0.1, 0.15) is 460 Å². The molecule has 0 radical (unpaired) electrons. The lowest BCUT2D eigenvalue weighted by Gasteiger charge is -2.08. The average Bonchev–Trinajstić information content (AvgIpc) is 1.77. The molecule has 8 aromatic rings. The fourth-order valence-corrected chi connectivity index (χ4v) is 15.1. The summed E-state index contributed by atoms with van der Waals surface area (Å²) in [7, 11) is 0. The molecule has 0 bridgehead atoms. The molecular formula is C110H212N24. The zero-order chi connectivity index (χ0) is 100.0. The molecule has 134 heavy (non-hydrogen) atoms. The zero-order valence-corrected chi connectivity index (χ0v) is 93.1. The quantitative estimate of drug-likeness (QED) is 0.0322. The second-order valence-corrected chi connectivity index (χ2v) is 45.6. The number of aryl methyl sites for hydroxylation is 13. The van der Waals surface area contributed by atoms with Crippen molar-refractivity contribution in [3.05, 3.63) is 95.1 Å². The maximum Gasteiger partial charge on any atom is 0.0829 e. The van der Waals surface area contributed by atoms with Crippen molar-refractivity contribution in [3.63, 3.8) is 0 Å². The van der Waals surface area contributed by atoms with Gasteiger partial charge < -0.3 is 0 Å². The smallest absolute Gasteiger partial charge is 0.0829 e. The van der Waals surface area contributed by atoms with E-state index >= 15 is 0 Å². The van der Waals surface area contributed by atoms with Crippen molar-refractivity contribution < 1.29 is 0 Å². The first-order chi connectivity index (χ1) is 63.7. The van der Waals surface area contributed by atoms with E-state index in [9.17, 15) is 0 Å². The Balaban J connectivity index is 0.000000766. The first-order valence-electron chi connectivity index (χ1n) is 54.7. The third-order valence-corrected chi connectivity index (χ3v) is 23.4. The van der Waals surface area contributed by atoms with Crippen LogP contribution in [-0.4, -0.2) is 120 Å². The van der Waals surface area contributed by atoms with Gasteiger partial charge >= 0.3 is 0 Å². The summed E-state index contributed by atoms with van der Waals surface area (Å²) < 4.78 is 16.2. The van der Waals surface area contributed by atoms with E-state index in [-0.39, 0.29) is 0 Å². The van der Waals surface area contributed by atoms with E-state index in [1.54, 1.807) is 0 Å². The molecule has 0 aromatic carbocycles. The van der Waals surface area contributed by atoms with E-state index in [1.165, 1.54) is 215 Å². The van der Waals surface area contributed by atoms with Gasteiger partial charge in [-0.3, -0.25) is 18.7 Å². The number of hydrogen-bond acceptors (Lipinski definition) is 16. The summed E-state index contributed by atoms with van der Waals surface area (Å²) in [5.41, 5.74) is 9.75. The Labute approximate surface area is 823 Å². The summed E-state index contributed by atoms with van der Waals surface area (Å²) in [6.07, 6.45) is 62.9. The maximum absolute atomic E-state index is 4.22. The Bertz CT molecular complexity index is 3840. The highest BCUT2D eigenvalue weighted by molar-refractivity contribution is 4.99. The van der Waals surface area contributed by atoms with Gasteiger partial charge in [0, 0.05) is 77.1 Å². The van der Waals surface area contributed by atoms with Gasteiger partial charge in [-0.25, -0.2) is 18.7 Å². The number of rotatable bonds is 62. The van der Waals surface area contributed by atoms with Crippen LogP contribution in [0.5, 0.6) is 0 Å². The number of unbranched alkanes of at least 4 members (excludes halogenated alkanes) is 7. The first kappa shape index (κ1) is 125. The van der Waals surface area contributed by atoms with E-state index in [4.69, 9.17) is 0 Å². The Morgan fingerprint density at radius 3 is 0.806 bits per heavy atom. The Kier molecular flexibility index (Phi) is 72.8. The van der Waals surface area contributed by atoms with Gasteiger partial charge in [-0.15, -0.1) is 40.8 Å². The molecule has 0 spiro atoms. The van der Waals surface area contributed by atoms with Crippen LogP contribution in [0.3, 0.4) is 0 Å². The summed E-state index contributed by atoms with van der Waals surface area (Å²) in [5.74, 6) is 12.2. The summed E-state index contributed by atoms with van der Waals surface area (Å²) >= 11 is 0. The normalized spacial score (nSPS) is 11.6. The van der Waals surface area contributed by atoms with Crippen molar-refractivity contribution in [1.82, 2.24) is 120 Å². The predicted molar refractivity (Wildman–Crippen MR) is 566 cm³/mol. The van der Waals surface area contributed by atoms with Crippen LogP contribution >= 0.6 is 0 Å². The van der Waals surface area contributed by atoms with Gasteiger partial charge in [-0.1, -0.05) is 360 Å². The second kappa shape index (κ2) is 78.0. The first-order valence-corrected chi connectivity index (χ1v) is 54.7. The van der Waals surface area contributed by atoms with Crippen LogP contribution in [0.25, 0.3) is 0 Å². The average molecular weight is 1870 g/mol. The van der Waals surface area contributed by atoms with Gasteiger partial charge in [-0.05, 0) is 242 Å². The number of aromatic nitrogens is 24. The molecule has 772 valence electrons. The molecule has 8 aromatic heterocycles. The highest BCUT2D eigenvalue weighted by Crippen LogP contribution is 2.20.